The minimum absolute atomic E-state index is 0.294. The van der Waals surface area contributed by atoms with Gasteiger partial charge < -0.3 is 4.74 Å². The van der Waals surface area contributed by atoms with Gasteiger partial charge in [0, 0.05) is 12.0 Å². The van der Waals surface area contributed by atoms with Crippen LogP contribution in [0.4, 0.5) is 38.4 Å². The zero-order valence-electron chi connectivity index (χ0n) is 23.1. The van der Waals surface area contributed by atoms with Crippen LogP contribution in [0.3, 0.4) is 0 Å². The first-order valence-electron chi connectivity index (χ1n) is 13.8. The molecule has 0 saturated heterocycles. The van der Waals surface area contributed by atoms with Crippen molar-refractivity contribution in [1.82, 2.24) is 0 Å². The fourth-order valence-corrected chi connectivity index (χ4v) is 4.31. The fraction of sp³-hybridized carbons (Fsp3) is 0.778. The normalized spacial score (nSPS) is 13.8. The van der Waals surface area contributed by atoms with E-state index in [0.29, 0.717) is 6.42 Å². The monoisotopic (exact) mass is 620 g/mol. The summed E-state index contributed by atoms with van der Waals surface area (Å²) in [7, 11) is -10.7. The summed E-state index contributed by atoms with van der Waals surface area (Å²) in [5.41, 5.74) is 2.47. The molecule has 0 saturated carbocycles. The maximum atomic E-state index is 12.0. The molecule has 0 atom stereocenters. The molecule has 0 heterocycles. The fourth-order valence-electron chi connectivity index (χ4n) is 4.04. The van der Waals surface area contributed by atoms with Gasteiger partial charge in [-0.25, -0.2) is 0 Å². The Hall–Kier alpha value is -0.830. The second-order valence-corrected chi connectivity index (χ2v) is 12.6. The summed E-state index contributed by atoms with van der Waals surface area (Å²) in [6, 6.07) is 4.11. The number of alkyl halides is 3. The maximum absolute atomic E-state index is 12.0. The Morgan fingerprint density at radius 1 is 0.590 bits per heavy atom. The Morgan fingerprint density at radius 3 is 1.28 bits per heavy atom. The van der Waals surface area contributed by atoms with Crippen LogP contribution in [-0.4, -0.2) is 12.8 Å². The van der Waals surface area contributed by atoms with Gasteiger partial charge in [0.15, 0.2) is 4.90 Å². The van der Waals surface area contributed by atoms with Crippen LogP contribution >= 0.6 is 7.81 Å². The first-order valence-corrected chi connectivity index (χ1v) is 16.4. The Kier molecular flexibility index (Phi) is 16.8. The van der Waals surface area contributed by atoms with Crippen molar-refractivity contribution in [2.75, 3.05) is 6.61 Å². The van der Waals surface area contributed by atoms with E-state index in [1.54, 1.807) is 0 Å². The molecule has 39 heavy (non-hydrogen) atoms. The van der Waals surface area contributed by atoms with E-state index in [1.807, 2.05) is 6.07 Å². The summed E-state index contributed by atoms with van der Waals surface area (Å²) in [5, 5.41) is 0. The Balaban J connectivity index is 0.00000181. The predicted molar refractivity (Wildman–Crippen MR) is 148 cm³/mol. The van der Waals surface area contributed by atoms with Gasteiger partial charge in [0.2, 0.25) is 0 Å². The molecule has 0 radical (unpaired) electrons. The van der Waals surface area contributed by atoms with Gasteiger partial charge in [0.05, 0.1) is 6.61 Å². The zero-order valence-corrected chi connectivity index (χ0v) is 25.0. The molecular weight excluding hydrogens is 574 g/mol. The van der Waals surface area contributed by atoms with Crippen molar-refractivity contribution in [3.63, 3.8) is 0 Å². The van der Waals surface area contributed by atoms with Gasteiger partial charge in [-0.3, -0.25) is 0 Å². The Labute approximate surface area is 233 Å². The number of hydrogen-bond donors (Lipinski definition) is 0. The van der Waals surface area contributed by atoms with Crippen LogP contribution in [0.15, 0.2) is 17.0 Å². The van der Waals surface area contributed by atoms with Gasteiger partial charge in [0.25, 0.3) is 0 Å². The third-order valence-electron chi connectivity index (χ3n) is 6.35. The van der Waals surface area contributed by atoms with Crippen molar-refractivity contribution >= 4 is 20.4 Å². The SMILES string of the molecule is Cc1c([SH2+])ccc(OCCCCCCCCCCCCCCCCCCC(F)(F)F)c1C.F[P-](F)(F)(F)(F)F. The van der Waals surface area contributed by atoms with Crippen LogP contribution in [0.25, 0.3) is 0 Å². The summed E-state index contributed by atoms with van der Waals surface area (Å²) < 4.78 is 101. The summed E-state index contributed by atoms with van der Waals surface area (Å²) >= 11 is 3.61. The summed E-state index contributed by atoms with van der Waals surface area (Å²) in [6.07, 6.45) is 13.8. The number of rotatable bonds is 19. The average Bonchev–Trinajstić information content (AvgIpc) is 2.77. The molecule has 1 nitrogen and oxygen atoms in total. The minimum atomic E-state index is -10.7. The molecular formula is C27H46F9OPS. The van der Waals surface area contributed by atoms with Gasteiger partial charge in [-0.05, 0) is 57.0 Å². The molecule has 0 unspecified atom stereocenters. The first-order chi connectivity index (χ1) is 17.8. The van der Waals surface area contributed by atoms with Crippen molar-refractivity contribution in [2.45, 2.75) is 134 Å². The molecule has 0 fully saturated rings. The van der Waals surface area contributed by atoms with Gasteiger partial charge in [-0.1, -0.05) is 89.9 Å². The molecule has 0 amide bonds. The van der Waals surface area contributed by atoms with Crippen LogP contribution in [-0.2, 0) is 12.6 Å². The van der Waals surface area contributed by atoms with E-state index >= 15 is 0 Å². The number of unbranched alkanes of at least 4 members (excludes halogenated alkanes) is 15. The Morgan fingerprint density at radius 2 is 0.923 bits per heavy atom. The first kappa shape index (κ1) is 38.2. The molecule has 0 aromatic heterocycles. The van der Waals surface area contributed by atoms with E-state index < -0.39 is 20.4 Å². The van der Waals surface area contributed by atoms with Crippen LogP contribution in [0, 0.1) is 13.8 Å². The summed E-state index contributed by atoms with van der Waals surface area (Å²) in [5.74, 6) is 1.01. The second kappa shape index (κ2) is 17.2. The molecule has 1 aromatic rings. The molecule has 234 valence electrons. The van der Waals surface area contributed by atoms with Gasteiger partial charge >= 0.3 is 39.2 Å². The number of benzene rings is 1. The summed E-state index contributed by atoms with van der Waals surface area (Å²) in [4.78, 5) is 1.13. The van der Waals surface area contributed by atoms with E-state index in [-0.39, 0.29) is 0 Å². The number of halogens is 9. The predicted octanol–water partition coefficient (Wildman–Crippen LogP) is 12.6. The molecule has 1 aromatic carbocycles. The molecule has 0 spiro atoms. The van der Waals surface area contributed by atoms with E-state index in [1.165, 1.54) is 81.8 Å². The van der Waals surface area contributed by atoms with Gasteiger partial charge in [-0.15, -0.1) is 0 Å². The number of hydrogen-bond acceptors (Lipinski definition) is 1. The van der Waals surface area contributed by atoms with Crippen molar-refractivity contribution < 1.29 is 43.1 Å². The molecule has 0 aliphatic rings. The van der Waals surface area contributed by atoms with E-state index in [2.05, 4.69) is 32.5 Å². The van der Waals surface area contributed by atoms with Crippen LogP contribution in [0.2, 0.25) is 0 Å². The summed E-state index contributed by atoms with van der Waals surface area (Å²) in [6.45, 7) is 5.02. The standard InChI is InChI=1S/C27H45F3OS.F6P/c1-23-24(2)26(32)20-19-25(23)31-22-18-16-14-12-10-8-6-4-3-5-7-9-11-13-15-17-21-27(28,29)30;1-7(2,3,4,5)6/h19-20,32H,3-18,21-22H2,1-2H3;/q;-1/p+1. The third-order valence-corrected chi connectivity index (χ3v) is 6.89. The molecule has 0 N–H and O–H groups in total. The van der Waals surface area contributed by atoms with Crippen LogP contribution < -0.4 is 4.74 Å². The average molecular weight is 621 g/mol. The Bertz CT molecular complexity index is 786. The molecule has 12 heteroatoms. The quantitative estimate of drug-likeness (QED) is 0.0647. The zero-order chi connectivity index (χ0) is 30.1. The van der Waals surface area contributed by atoms with Gasteiger partial charge in [0.1, 0.15) is 5.75 Å². The van der Waals surface area contributed by atoms with Crippen molar-refractivity contribution in [3.05, 3.63) is 23.3 Å². The van der Waals surface area contributed by atoms with E-state index in [4.69, 9.17) is 4.74 Å². The van der Waals surface area contributed by atoms with E-state index in [0.717, 1.165) is 42.9 Å². The van der Waals surface area contributed by atoms with Crippen LogP contribution in [0.5, 0.6) is 5.75 Å². The topological polar surface area (TPSA) is 9.23 Å². The van der Waals surface area contributed by atoms with Crippen molar-refractivity contribution in [2.24, 2.45) is 0 Å². The van der Waals surface area contributed by atoms with Crippen molar-refractivity contribution in [1.29, 1.82) is 0 Å². The third kappa shape index (κ3) is 30.0. The molecule has 1 rings (SSSR count). The molecule has 0 aliphatic heterocycles. The second-order valence-electron chi connectivity index (χ2n) is 10.2. The molecule has 0 aliphatic carbocycles. The van der Waals surface area contributed by atoms with E-state index in [9.17, 15) is 38.4 Å². The van der Waals surface area contributed by atoms with Crippen molar-refractivity contribution in [3.8, 4) is 5.75 Å². The van der Waals surface area contributed by atoms with Crippen LogP contribution in [0.1, 0.15) is 120 Å². The van der Waals surface area contributed by atoms with Gasteiger partial charge in [-0.2, -0.15) is 13.2 Å². The molecule has 0 bridgehead atoms. The number of ether oxygens (including phenoxy) is 1.